The lowest BCUT2D eigenvalue weighted by molar-refractivity contribution is -0.120. The molecule has 1 amide bonds. The lowest BCUT2D eigenvalue weighted by atomic mass is 9.82. The molecule has 7 bridgehead atoms. The van der Waals surface area contributed by atoms with Gasteiger partial charge in [-0.3, -0.25) is 9.69 Å². The van der Waals surface area contributed by atoms with Gasteiger partial charge in [-0.1, -0.05) is 19.1 Å². The van der Waals surface area contributed by atoms with Gasteiger partial charge in [-0.25, -0.2) is 10.0 Å². The van der Waals surface area contributed by atoms with Crippen molar-refractivity contribution in [3.8, 4) is 46.0 Å². The molecule has 50 heavy (non-hydrogen) atoms. The minimum atomic E-state index is -0.258. The number of ether oxygens (including phenoxy) is 6. The summed E-state index contributed by atoms with van der Waals surface area (Å²) in [5, 5.41) is 3.91. The Kier molecular flexibility index (Phi) is 8.03. The number of carbonyl (C=O) groups excluding carboxylic acids is 1. The Morgan fingerprint density at radius 1 is 0.780 bits per heavy atom. The molecule has 260 valence electrons. The van der Waals surface area contributed by atoms with E-state index in [9.17, 15) is 4.79 Å². The average molecular weight is 678 g/mol. The largest absolute Gasteiger partial charge is 0.493 e. The van der Waals surface area contributed by atoms with Gasteiger partial charge < -0.3 is 28.4 Å². The molecule has 3 atom stereocenters. The van der Waals surface area contributed by atoms with Crippen LogP contribution >= 0.6 is 0 Å². The first-order valence-corrected chi connectivity index (χ1v) is 17.2. The molecular weight excluding hydrogens is 634 g/mol. The topological polar surface area (TPSA) is 82.2 Å². The van der Waals surface area contributed by atoms with Crippen LogP contribution in [0.3, 0.4) is 0 Å². The van der Waals surface area contributed by atoms with Crippen LogP contribution < -0.4 is 33.4 Å². The number of likely N-dealkylation sites (N-methyl/N-ethyl adjacent to an activating group) is 1. The number of nitrogens with zero attached hydrogens (tertiary/aromatic N) is 3. The van der Waals surface area contributed by atoms with E-state index in [4.69, 9.17) is 28.4 Å². The molecule has 0 aromatic heterocycles. The van der Waals surface area contributed by atoms with Crippen LogP contribution in [0.15, 0.2) is 54.6 Å². The first kappa shape index (κ1) is 32.3. The SMILES string of the molecule is COc1cc2c3cc1Oc1ccc(cc1)[C@H](C)[C@H]1c4cc(c(OC)cc4CCN1C)Oc1c(OC)c(OC)cc4c1[C@H](C3)N(CC4)N2C(C)=O. The van der Waals surface area contributed by atoms with Crippen molar-refractivity contribution in [1.29, 1.82) is 0 Å². The van der Waals surface area contributed by atoms with Crippen molar-refractivity contribution in [2.24, 2.45) is 0 Å². The molecule has 5 aliphatic heterocycles. The van der Waals surface area contributed by atoms with E-state index in [-0.39, 0.29) is 23.9 Å². The zero-order valence-electron chi connectivity index (χ0n) is 29.7. The van der Waals surface area contributed by atoms with Crippen molar-refractivity contribution in [1.82, 2.24) is 9.91 Å². The predicted molar refractivity (Wildman–Crippen MR) is 190 cm³/mol. The van der Waals surface area contributed by atoms with Crippen molar-refractivity contribution >= 4 is 11.6 Å². The van der Waals surface area contributed by atoms with Gasteiger partial charge >= 0.3 is 0 Å². The van der Waals surface area contributed by atoms with Crippen molar-refractivity contribution < 1.29 is 33.2 Å². The Bertz CT molecular complexity index is 1990. The Balaban J connectivity index is 1.41. The predicted octanol–water partition coefficient (Wildman–Crippen LogP) is 7.38. The van der Waals surface area contributed by atoms with Gasteiger partial charge in [0.15, 0.2) is 34.5 Å². The summed E-state index contributed by atoms with van der Waals surface area (Å²) >= 11 is 0. The second kappa shape index (κ2) is 12.4. The molecule has 0 fully saturated rings. The van der Waals surface area contributed by atoms with Crippen LogP contribution in [0.25, 0.3) is 0 Å². The van der Waals surface area contributed by atoms with E-state index in [1.54, 1.807) is 40.4 Å². The second-order valence-corrected chi connectivity index (χ2v) is 13.5. The van der Waals surface area contributed by atoms with Crippen LogP contribution in [0.4, 0.5) is 5.69 Å². The maximum absolute atomic E-state index is 13.5. The monoisotopic (exact) mass is 677 g/mol. The number of benzene rings is 4. The minimum Gasteiger partial charge on any atom is -0.493 e. The third kappa shape index (κ3) is 5.03. The number of fused-ring (bicyclic) bond motifs is 2. The highest BCUT2D eigenvalue weighted by Gasteiger charge is 2.43. The van der Waals surface area contributed by atoms with Gasteiger partial charge in [0, 0.05) is 43.6 Å². The maximum atomic E-state index is 13.5. The van der Waals surface area contributed by atoms with E-state index in [2.05, 4.69) is 48.1 Å². The van der Waals surface area contributed by atoms with Gasteiger partial charge in [0.05, 0.1) is 40.2 Å². The molecule has 10 heteroatoms. The van der Waals surface area contributed by atoms with Gasteiger partial charge in [-0.15, -0.1) is 0 Å². The molecule has 5 aliphatic rings. The Labute approximate surface area is 293 Å². The van der Waals surface area contributed by atoms with Crippen molar-refractivity contribution in [2.45, 2.75) is 51.1 Å². The normalized spacial score (nSPS) is 20.7. The van der Waals surface area contributed by atoms with Crippen LogP contribution in [0.1, 0.15) is 65.2 Å². The summed E-state index contributed by atoms with van der Waals surface area (Å²) < 4.78 is 37.4. The van der Waals surface area contributed by atoms with Crippen molar-refractivity contribution in [3.05, 3.63) is 88.0 Å². The second-order valence-electron chi connectivity index (χ2n) is 13.5. The minimum absolute atomic E-state index is 0.0898. The summed E-state index contributed by atoms with van der Waals surface area (Å²) in [5.41, 5.74) is 7.39. The number of methoxy groups -OCH3 is 4. The standard InChI is InChI=1S/C40H43N3O7/c1-22-24-8-10-28(11-9-24)49-34-19-27-16-31-37-26(13-15-42(31)43(23(2)44)30(27)21-33(34)46-5)18-36(47-6)39(48-7)40(37)50-35-20-29-25(17-32(35)45-4)12-14-41(3)38(22)29/h8-11,17-22,31,38H,12-16H2,1-7H3/t22-,31-,38-/m0/s1. The molecule has 0 saturated heterocycles. The lowest BCUT2D eigenvalue weighted by Crippen LogP contribution is -2.54. The molecule has 9 rings (SSSR count). The van der Waals surface area contributed by atoms with Crippen LogP contribution in [-0.4, -0.2) is 64.4 Å². The van der Waals surface area contributed by atoms with Crippen LogP contribution in [0.5, 0.6) is 46.0 Å². The Hall–Kier alpha value is -4.93. The van der Waals surface area contributed by atoms with E-state index in [1.165, 1.54) is 16.7 Å². The van der Waals surface area contributed by atoms with E-state index in [1.807, 2.05) is 30.3 Å². The molecule has 0 unspecified atom stereocenters. The zero-order chi connectivity index (χ0) is 34.8. The number of amides is 1. The quantitative estimate of drug-likeness (QED) is 0.220. The molecule has 0 N–H and O–H groups in total. The van der Waals surface area contributed by atoms with Crippen LogP contribution in [-0.2, 0) is 24.1 Å². The number of hydrazine groups is 1. The van der Waals surface area contributed by atoms with Gasteiger partial charge in [-0.05, 0) is 90.5 Å². The highest BCUT2D eigenvalue weighted by Crippen LogP contribution is 2.55. The van der Waals surface area contributed by atoms with E-state index in [0.29, 0.717) is 65.4 Å². The molecule has 5 heterocycles. The first-order chi connectivity index (χ1) is 24.2. The number of hydrogen-bond acceptors (Lipinski definition) is 9. The Morgan fingerprint density at radius 3 is 2.16 bits per heavy atom. The maximum Gasteiger partial charge on any atom is 0.238 e. The lowest BCUT2D eigenvalue weighted by Gasteiger charge is -2.48. The van der Waals surface area contributed by atoms with Crippen molar-refractivity contribution in [3.63, 3.8) is 0 Å². The molecular formula is C40H43N3O7. The number of rotatable bonds is 4. The molecule has 0 saturated carbocycles. The van der Waals surface area contributed by atoms with Gasteiger partial charge in [0.1, 0.15) is 5.75 Å². The van der Waals surface area contributed by atoms with E-state index >= 15 is 0 Å². The third-order valence-corrected chi connectivity index (χ3v) is 10.9. The molecule has 0 aliphatic carbocycles. The van der Waals surface area contributed by atoms with Crippen LogP contribution in [0.2, 0.25) is 0 Å². The fourth-order valence-electron chi connectivity index (χ4n) is 8.51. The molecule has 4 aromatic rings. The summed E-state index contributed by atoms with van der Waals surface area (Å²) in [6.45, 7) is 5.41. The smallest absolute Gasteiger partial charge is 0.238 e. The summed E-state index contributed by atoms with van der Waals surface area (Å²) in [5.74, 6) is 4.78. The summed E-state index contributed by atoms with van der Waals surface area (Å²) in [6, 6.07) is 18.4. The van der Waals surface area contributed by atoms with E-state index in [0.717, 1.165) is 35.3 Å². The molecule has 4 aromatic carbocycles. The first-order valence-electron chi connectivity index (χ1n) is 17.2. The summed E-state index contributed by atoms with van der Waals surface area (Å²) in [4.78, 5) is 15.9. The average Bonchev–Trinajstić information content (AvgIpc) is 3.12. The van der Waals surface area contributed by atoms with E-state index < -0.39 is 0 Å². The number of anilines is 1. The molecule has 10 nitrogen and oxygen atoms in total. The summed E-state index contributed by atoms with van der Waals surface area (Å²) in [6.07, 6.45) is 2.15. The fourth-order valence-corrected chi connectivity index (χ4v) is 8.51. The highest BCUT2D eigenvalue weighted by atomic mass is 16.5. The third-order valence-electron chi connectivity index (χ3n) is 10.9. The fraction of sp³-hybridized carbons (Fsp3) is 0.375. The summed E-state index contributed by atoms with van der Waals surface area (Å²) in [7, 11) is 8.77. The highest BCUT2D eigenvalue weighted by molar-refractivity contribution is 5.93. The van der Waals surface area contributed by atoms with Crippen LogP contribution in [0, 0.1) is 0 Å². The van der Waals surface area contributed by atoms with Gasteiger partial charge in [0.25, 0.3) is 0 Å². The van der Waals surface area contributed by atoms with Gasteiger partial charge in [-0.2, -0.15) is 0 Å². The molecule has 0 spiro atoms. The molecule has 0 radical (unpaired) electrons. The number of hydrogen-bond donors (Lipinski definition) is 0. The number of carbonyl (C=O) groups is 1. The Morgan fingerprint density at radius 2 is 1.46 bits per heavy atom. The van der Waals surface area contributed by atoms with Crippen molar-refractivity contribution in [2.75, 3.05) is 53.6 Å². The zero-order valence-corrected chi connectivity index (χ0v) is 29.7. The van der Waals surface area contributed by atoms with Gasteiger partial charge in [0.2, 0.25) is 11.7 Å².